The third-order valence-corrected chi connectivity index (χ3v) is 2.84. The van der Waals surface area contributed by atoms with E-state index in [9.17, 15) is 9.59 Å². The fourth-order valence-corrected chi connectivity index (χ4v) is 1.77. The first-order valence-corrected chi connectivity index (χ1v) is 7.11. The lowest BCUT2D eigenvalue weighted by atomic mass is 10.1. The summed E-state index contributed by atoms with van der Waals surface area (Å²) >= 11 is 0. The zero-order valence-corrected chi connectivity index (χ0v) is 14.4. The van der Waals surface area contributed by atoms with Crippen LogP contribution in [0.3, 0.4) is 0 Å². The first-order chi connectivity index (χ1) is 10.7. The van der Waals surface area contributed by atoms with Gasteiger partial charge in [-0.15, -0.1) is 0 Å². The van der Waals surface area contributed by atoms with Crippen molar-refractivity contribution in [2.45, 2.75) is 33.3 Å². The number of ether oxygens (including phenoxy) is 3. The molecule has 0 fully saturated rings. The summed E-state index contributed by atoms with van der Waals surface area (Å²) in [5.74, 6) is -0.639. The number of benzene rings is 1. The quantitative estimate of drug-likeness (QED) is 0.664. The van der Waals surface area contributed by atoms with E-state index in [1.165, 1.54) is 14.2 Å². The number of nitrogens with one attached hydrogen (secondary N) is 1. The van der Waals surface area contributed by atoms with E-state index in [0.717, 1.165) is 11.6 Å². The predicted octanol–water partition coefficient (Wildman–Crippen LogP) is 2.81. The summed E-state index contributed by atoms with van der Waals surface area (Å²) in [5.41, 5.74) is 1.07. The van der Waals surface area contributed by atoms with Gasteiger partial charge in [0, 0.05) is 11.3 Å². The Balaban J connectivity index is 3.15. The van der Waals surface area contributed by atoms with Gasteiger partial charge >= 0.3 is 11.9 Å². The molecular weight excluding hydrogens is 298 g/mol. The molecule has 0 atom stereocenters. The highest BCUT2D eigenvalue weighted by Gasteiger charge is 2.17. The highest BCUT2D eigenvalue weighted by atomic mass is 16.5. The predicted molar refractivity (Wildman–Crippen MR) is 87.3 cm³/mol. The third-order valence-electron chi connectivity index (χ3n) is 2.84. The molecule has 1 rings (SSSR count). The Hall–Kier alpha value is -2.50. The smallest absolute Gasteiger partial charge is 0.354 e. The van der Waals surface area contributed by atoms with Crippen molar-refractivity contribution in [3.8, 4) is 5.75 Å². The summed E-state index contributed by atoms with van der Waals surface area (Å²) in [7, 11) is 2.47. The van der Waals surface area contributed by atoms with Gasteiger partial charge in [0.2, 0.25) is 0 Å². The van der Waals surface area contributed by atoms with Gasteiger partial charge in [-0.05, 0) is 39.8 Å². The Kier molecular flexibility index (Phi) is 6.18. The van der Waals surface area contributed by atoms with Gasteiger partial charge in [0.05, 0.1) is 20.3 Å². The third kappa shape index (κ3) is 5.65. The Morgan fingerprint density at radius 1 is 1.13 bits per heavy atom. The van der Waals surface area contributed by atoms with Crippen LogP contribution >= 0.6 is 0 Å². The first kappa shape index (κ1) is 18.5. The first-order valence-electron chi connectivity index (χ1n) is 7.11. The average molecular weight is 321 g/mol. The fraction of sp³-hybridized carbons (Fsp3) is 0.412. The molecule has 0 unspecified atom stereocenters. The maximum absolute atomic E-state index is 11.8. The van der Waals surface area contributed by atoms with Gasteiger partial charge in [-0.3, -0.25) is 0 Å². The summed E-state index contributed by atoms with van der Waals surface area (Å²) in [6.07, 6.45) is 1.04. The van der Waals surface area contributed by atoms with Gasteiger partial charge < -0.3 is 19.5 Å². The van der Waals surface area contributed by atoms with Crippen LogP contribution in [0, 0.1) is 6.92 Å². The zero-order valence-electron chi connectivity index (χ0n) is 14.4. The molecule has 0 bridgehead atoms. The van der Waals surface area contributed by atoms with Gasteiger partial charge in [0.25, 0.3) is 0 Å². The molecule has 1 aromatic carbocycles. The highest BCUT2D eigenvalue weighted by molar-refractivity contribution is 5.98. The van der Waals surface area contributed by atoms with E-state index in [-0.39, 0.29) is 11.3 Å². The SMILES string of the molecule is COC(=O)/C=C(/Nc1cccc(OC(C)(C)C)c1C)C(=O)OC. The van der Waals surface area contributed by atoms with Gasteiger partial charge in [-0.25, -0.2) is 9.59 Å². The summed E-state index contributed by atoms with van der Waals surface area (Å²) in [6.45, 7) is 7.70. The van der Waals surface area contributed by atoms with E-state index >= 15 is 0 Å². The lowest BCUT2D eigenvalue weighted by Crippen LogP contribution is -2.23. The Labute approximate surface area is 136 Å². The van der Waals surface area contributed by atoms with E-state index in [1.807, 2.05) is 33.8 Å². The van der Waals surface area contributed by atoms with Crippen molar-refractivity contribution in [3.05, 3.63) is 35.5 Å². The fourth-order valence-electron chi connectivity index (χ4n) is 1.77. The van der Waals surface area contributed by atoms with Crippen LogP contribution in [0.4, 0.5) is 5.69 Å². The van der Waals surface area contributed by atoms with Crippen LogP contribution in [-0.4, -0.2) is 31.8 Å². The van der Waals surface area contributed by atoms with Crippen LogP contribution in [0.25, 0.3) is 0 Å². The maximum Gasteiger partial charge on any atom is 0.354 e. The lowest BCUT2D eigenvalue weighted by Gasteiger charge is -2.23. The van der Waals surface area contributed by atoms with Crippen molar-refractivity contribution in [2.75, 3.05) is 19.5 Å². The molecule has 0 aliphatic heterocycles. The molecule has 0 aliphatic rings. The molecular formula is C17H23NO5. The van der Waals surface area contributed by atoms with Gasteiger partial charge in [0.15, 0.2) is 0 Å². The average Bonchev–Trinajstić information content (AvgIpc) is 2.48. The number of methoxy groups -OCH3 is 2. The zero-order chi connectivity index (χ0) is 17.6. The number of rotatable bonds is 5. The minimum absolute atomic E-state index is 0.0182. The summed E-state index contributed by atoms with van der Waals surface area (Å²) < 4.78 is 15.1. The van der Waals surface area contributed by atoms with Crippen molar-refractivity contribution in [2.24, 2.45) is 0 Å². The standard InChI is InChI=1S/C17H23NO5/c1-11-12(8-7-9-14(11)23-17(2,3)4)18-13(16(20)22-6)10-15(19)21-5/h7-10,18H,1-6H3/b13-10+. The summed E-state index contributed by atoms with van der Waals surface area (Å²) in [6, 6.07) is 5.41. The van der Waals surface area contributed by atoms with Gasteiger partial charge in [0.1, 0.15) is 17.0 Å². The van der Waals surface area contributed by atoms with E-state index < -0.39 is 11.9 Å². The number of hydrogen-bond donors (Lipinski definition) is 1. The molecule has 23 heavy (non-hydrogen) atoms. The number of hydrogen-bond acceptors (Lipinski definition) is 6. The van der Waals surface area contributed by atoms with E-state index in [2.05, 4.69) is 14.8 Å². The minimum Gasteiger partial charge on any atom is -0.488 e. The van der Waals surface area contributed by atoms with E-state index in [1.54, 1.807) is 12.1 Å². The molecule has 0 aromatic heterocycles. The molecule has 0 radical (unpaired) electrons. The van der Waals surface area contributed by atoms with Gasteiger partial charge in [-0.2, -0.15) is 0 Å². The minimum atomic E-state index is -0.669. The molecule has 0 aliphatic carbocycles. The molecule has 0 heterocycles. The largest absolute Gasteiger partial charge is 0.488 e. The number of carbonyl (C=O) groups excluding carboxylic acids is 2. The number of esters is 2. The van der Waals surface area contributed by atoms with Crippen molar-refractivity contribution < 1.29 is 23.8 Å². The second kappa shape index (κ2) is 7.67. The Bertz CT molecular complexity index is 614. The molecule has 0 amide bonds. The molecule has 126 valence electrons. The van der Waals surface area contributed by atoms with Crippen molar-refractivity contribution in [1.29, 1.82) is 0 Å². The molecule has 0 saturated carbocycles. The maximum atomic E-state index is 11.8. The second-order valence-electron chi connectivity index (χ2n) is 5.84. The van der Waals surface area contributed by atoms with Crippen LogP contribution in [0.15, 0.2) is 30.0 Å². The molecule has 0 spiro atoms. The summed E-state index contributed by atoms with van der Waals surface area (Å²) in [4.78, 5) is 23.2. The van der Waals surface area contributed by atoms with Crippen molar-refractivity contribution >= 4 is 17.6 Å². The lowest BCUT2D eigenvalue weighted by molar-refractivity contribution is -0.138. The second-order valence-corrected chi connectivity index (χ2v) is 5.84. The molecule has 0 saturated heterocycles. The number of carbonyl (C=O) groups is 2. The van der Waals surface area contributed by atoms with Crippen LogP contribution in [0.2, 0.25) is 0 Å². The molecule has 1 aromatic rings. The molecule has 1 N–H and O–H groups in total. The van der Waals surface area contributed by atoms with Crippen molar-refractivity contribution in [1.82, 2.24) is 0 Å². The Morgan fingerprint density at radius 3 is 2.30 bits per heavy atom. The van der Waals surface area contributed by atoms with Crippen LogP contribution < -0.4 is 10.1 Å². The topological polar surface area (TPSA) is 73.9 Å². The molecule has 6 heteroatoms. The van der Waals surface area contributed by atoms with Crippen LogP contribution in [0.5, 0.6) is 5.75 Å². The summed E-state index contributed by atoms with van der Waals surface area (Å²) in [5, 5.41) is 2.90. The van der Waals surface area contributed by atoms with E-state index in [4.69, 9.17) is 4.74 Å². The van der Waals surface area contributed by atoms with Crippen LogP contribution in [-0.2, 0) is 19.1 Å². The van der Waals surface area contributed by atoms with Gasteiger partial charge in [-0.1, -0.05) is 6.07 Å². The normalized spacial score (nSPS) is 11.7. The van der Waals surface area contributed by atoms with E-state index in [0.29, 0.717) is 11.4 Å². The Morgan fingerprint density at radius 2 is 1.78 bits per heavy atom. The molecule has 6 nitrogen and oxygen atoms in total. The monoisotopic (exact) mass is 321 g/mol. The van der Waals surface area contributed by atoms with Crippen molar-refractivity contribution in [3.63, 3.8) is 0 Å². The number of anilines is 1. The highest BCUT2D eigenvalue weighted by Crippen LogP contribution is 2.29. The van der Waals surface area contributed by atoms with Crippen LogP contribution in [0.1, 0.15) is 26.3 Å².